The highest BCUT2D eigenvalue weighted by Gasteiger charge is 2.17. The van der Waals surface area contributed by atoms with Crippen molar-refractivity contribution in [1.82, 2.24) is 0 Å². The molecule has 0 saturated heterocycles. The zero-order valence-corrected chi connectivity index (χ0v) is 7.28. The summed E-state index contributed by atoms with van der Waals surface area (Å²) in [7, 11) is 0. The molecule has 0 aromatic heterocycles. The number of fused-ring (bicyclic) bond motifs is 1. The SMILES string of the molecule is CC1=C(C)C2=CCC=C2CC1. The lowest BCUT2D eigenvalue weighted by Gasteiger charge is -2.18. The fourth-order valence-electron chi connectivity index (χ4n) is 1.93. The van der Waals surface area contributed by atoms with Crippen LogP contribution in [-0.2, 0) is 0 Å². The molecule has 0 heteroatoms. The van der Waals surface area contributed by atoms with Gasteiger partial charge in [0.25, 0.3) is 0 Å². The number of allylic oxidation sites excluding steroid dienone is 6. The van der Waals surface area contributed by atoms with Gasteiger partial charge in [0.15, 0.2) is 0 Å². The van der Waals surface area contributed by atoms with E-state index in [1.165, 1.54) is 24.0 Å². The van der Waals surface area contributed by atoms with E-state index in [1.54, 1.807) is 11.1 Å². The summed E-state index contributed by atoms with van der Waals surface area (Å²) in [6, 6.07) is 0. The van der Waals surface area contributed by atoms with Crippen LogP contribution in [0, 0.1) is 0 Å². The minimum absolute atomic E-state index is 1.16. The molecule has 0 atom stereocenters. The monoisotopic (exact) mass is 146 g/mol. The molecule has 0 aromatic rings. The summed E-state index contributed by atoms with van der Waals surface area (Å²) in [5, 5.41) is 0. The van der Waals surface area contributed by atoms with E-state index in [9.17, 15) is 0 Å². The minimum Gasteiger partial charge on any atom is -0.0769 e. The maximum absolute atomic E-state index is 2.37. The fourth-order valence-corrected chi connectivity index (χ4v) is 1.93. The first kappa shape index (κ1) is 6.90. The van der Waals surface area contributed by atoms with Gasteiger partial charge in [-0.05, 0) is 49.8 Å². The van der Waals surface area contributed by atoms with Gasteiger partial charge >= 0.3 is 0 Å². The van der Waals surface area contributed by atoms with E-state index in [1.807, 2.05) is 0 Å². The Bertz CT molecular complexity index is 274. The molecule has 0 aromatic carbocycles. The Balaban J connectivity index is 2.46. The minimum atomic E-state index is 1.16. The third-order valence-corrected chi connectivity index (χ3v) is 2.85. The quantitative estimate of drug-likeness (QED) is 0.491. The van der Waals surface area contributed by atoms with Gasteiger partial charge in [0.05, 0.1) is 0 Å². The second kappa shape index (κ2) is 2.37. The van der Waals surface area contributed by atoms with Crippen LogP contribution < -0.4 is 0 Å². The Kier molecular flexibility index (Phi) is 1.49. The molecule has 0 amide bonds. The van der Waals surface area contributed by atoms with Crippen LogP contribution in [0.5, 0.6) is 0 Å². The molecule has 11 heavy (non-hydrogen) atoms. The topological polar surface area (TPSA) is 0 Å². The summed E-state index contributed by atoms with van der Waals surface area (Å²) in [6.07, 6.45) is 8.43. The van der Waals surface area contributed by atoms with Crippen LogP contribution in [-0.4, -0.2) is 0 Å². The zero-order chi connectivity index (χ0) is 7.84. The van der Waals surface area contributed by atoms with Gasteiger partial charge in [-0.25, -0.2) is 0 Å². The van der Waals surface area contributed by atoms with E-state index in [0.29, 0.717) is 0 Å². The van der Waals surface area contributed by atoms with Crippen LogP contribution in [0.25, 0.3) is 0 Å². The van der Waals surface area contributed by atoms with Crippen molar-refractivity contribution in [3.63, 3.8) is 0 Å². The van der Waals surface area contributed by atoms with E-state index < -0.39 is 0 Å². The molecule has 0 bridgehead atoms. The largest absolute Gasteiger partial charge is 0.0769 e. The first-order valence-electron chi connectivity index (χ1n) is 4.35. The zero-order valence-electron chi connectivity index (χ0n) is 7.28. The molecular weight excluding hydrogens is 132 g/mol. The van der Waals surface area contributed by atoms with Gasteiger partial charge in [0.2, 0.25) is 0 Å². The van der Waals surface area contributed by atoms with Crippen molar-refractivity contribution in [2.24, 2.45) is 0 Å². The van der Waals surface area contributed by atoms with Crippen molar-refractivity contribution in [2.45, 2.75) is 33.1 Å². The summed E-state index contributed by atoms with van der Waals surface area (Å²) in [5.74, 6) is 0. The highest BCUT2D eigenvalue weighted by atomic mass is 14.2. The van der Waals surface area contributed by atoms with Crippen molar-refractivity contribution >= 4 is 0 Å². The molecule has 0 unspecified atom stereocenters. The van der Waals surface area contributed by atoms with Crippen molar-refractivity contribution in [1.29, 1.82) is 0 Å². The van der Waals surface area contributed by atoms with Gasteiger partial charge in [0.1, 0.15) is 0 Å². The van der Waals surface area contributed by atoms with Gasteiger partial charge in [-0.15, -0.1) is 0 Å². The second-order valence-corrected chi connectivity index (χ2v) is 3.49. The average Bonchev–Trinajstić information content (AvgIpc) is 2.45. The summed E-state index contributed by atoms with van der Waals surface area (Å²) in [5.41, 5.74) is 6.23. The van der Waals surface area contributed by atoms with Crippen molar-refractivity contribution in [3.05, 3.63) is 34.4 Å². The molecule has 0 spiro atoms. The van der Waals surface area contributed by atoms with Gasteiger partial charge < -0.3 is 0 Å². The molecule has 2 rings (SSSR count). The van der Waals surface area contributed by atoms with Crippen molar-refractivity contribution in [3.8, 4) is 0 Å². The second-order valence-electron chi connectivity index (χ2n) is 3.49. The van der Waals surface area contributed by atoms with Crippen LogP contribution in [0.3, 0.4) is 0 Å². The summed E-state index contributed by atoms with van der Waals surface area (Å²) in [6.45, 7) is 4.50. The Labute approximate surface area is 68.3 Å². The molecule has 0 aliphatic heterocycles. The molecule has 0 saturated carbocycles. The summed E-state index contributed by atoms with van der Waals surface area (Å²) >= 11 is 0. The highest BCUT2D eigenvalue weighted by molar-refractivity contribution is 5.53. The van der Waals surface area contributed by atoms with E-state index in [4.69, 9.17) is 0 Å². The Hall–Kier alpha value is -0.780. The first-order valence-corrected chi connectivity index (χ1v) is 4.35. The lowest BCUT2D eigenvalue weighted by molar-refractivity contribution is 0.886. The maximum Gasteiger partial charge on any atom is -0.0154 e. The van der Waals surface area contributed by atoms with Crippen LogP contribution in [0.4, 0.5) is 0 Å². The number of rotatable bonds is 0. The molecular formula is C11H14. The molecule has 0 heterocycles. The Morgan fingerprint density at radius 1 is 1.09 bits per heavy atom. The molecule has 0 nitrogen and oxygen atoms in total. The standard InChI is InChI=1S/C11H14/c1-8-6-7-10-4-3-5-11(10)9(8)2/h4-5H,3,6-7H2,1-2H3. The third-order valence-electron chi connectivity index (χ3n) is 2.85. The Morgan fingerprint density at radius 2 is 1.91 bits per heavy atom. The van der Waals surface area contributed by atoms with Crippen LogP contribution in [0.15, 0.2) is 34.4 Å². The lowest BCUT2D eigenvalue weighted by Crippen LogP contribution is -1.99. The normalized spacial score (nSPS) is 23.1. The van der Waals surface area contributed by atoms with Crippen LogP contribution in [0.2, 0.25) is 0 Å². The summed E-state index contributed by atoms with van der Waals surface area (Å²) in [4.78, 5) is 0. The molecule has 2 aliphatic carbocycles. The van der Waals surface area contributed by atoms with Gasteiger partial charge in [-0.2, -0.15) is 0 Å². The Morgan fingerprint density at radius 3 is 2.73 bits per heavy atom. The van der Waals surface area contributed by atoms with Crippen molar-refractivity contribution < 1.29 is 0 Å². The molecule has 0 fully saturated rings. The van der Waals surface area contributed by atoms with E-state index >= 15 is 0 Å². The average molecular weight is 146 g/mol. The molecule has 2 aliphatic rings. The molecule has 0 radical (unpaired) electrons. The van der Waals surface area contributed by atoms with Crippen molar-refractivity contribution in [2.75, 3.05) is 0 Å². The smallest absolute Gasteiger partial charge is 0.0154 e. The lowest BCUT2D eigenvalue weighted by atomic mass is 9.87. The van der Waals surface area contributed by atoms with E-state index in [-0.39, 0.29) is 0 Å². The molecule has 0 N–H and O–H groups in total. The molecule has 58 valence electrons. The third kappa shape index (κ3) is 0.973. The first-order chi connectivity index (χ1) is 5.29. The summed E-state index contributed by atoms with van der Waals surface area (Å²) < 4.78 is 0. The maximum atomic E-state index is 2.37. The van der Waals surface area contributed by atoms with Gasteiger partial charge in [-0.1, -0.05) is 17.7 Å². The highest BCUT2D eigenvalue weighted by Crippen LogP contribution is 2.36. The van der Waals surface area contributed by atoms with Gasteiger partial charge in [-0.3, -0.25) is 0 Å². The van der Waals surface area contributed by atoms with E-state index in [2.05, 4.69) is 26.0 Å². The van der Waals surface area contributed by atoms with Crippen LogP contribution >= 0.6 is 0 Å². The fraction of sp³-hybridized carbons (Fsp3) is 0.455. The van der Waals surface area contributed by atoms with Gasteiger partial charge in [0, 0.05) is 0 Å². The predicted octanol–water partition coefficient (Wildman–Crippen LogP) is 3.37. The van der Waals surface area contributed by atoms with E-state index in [0.717, 1.165) is 6.42 Å². The number of hydrogen-bond donors (Lipinski definition) is 0. The predicted molar refractivity (Wildman–Crippen MR) is 48.4 cm³/mol. The number of hydrogen-bond acceptors (Lipinski definition) is 0. The van der Waals surface area contributed by atoms with Crippen LogP contribution in [0.1, 0.15) is 33.1 Å².